The molecule has 2 aromatic carbocycles. The zero-order valence-electron chi connectivity index (χ0n) is 14.0. The van der Waals surface area contributed by atoms with Gasteiger partial charge in [-0.1, -0.05) is 30.3 Å². The molecule has 0 unspecified atom stereocenters. The molecule has 0 amide bonds. The number of hydrogen-bond acceptors (Lipinski definition) is 3. The number of benzene rings is 2. The first-order valence-corrected chi connectivity index (χ1v) is 8.08. The molecule has 0 aliphatic heterocycles. The lowest BCUT2D eigenvalue weighted by atomic mass is 10.1. The Balaban J connectivity index is 1.94. The number of halogens is 1. The summed E-state index contributed by atoms with van der Waals surface area (Å²) < 4.78 is 20.6. The van der Waals surface area contributed by atoms with Gasteiger partial charge >= 0.3 is 0 Å². The van der Waals surface area contributed by atoms with Crippen molar-refractivity contribution < 1.29 is 9.13 Å². The zero-order valence-corrected chi connectivity index (χ0v) is 14.0. The van der Waals surface area contributed by atoms with Crippen molar-refractivity contribution in [3.63, 3.8) is 0 Å². The Labute approximate surface area is 149 Å². The summed E-state index contributed by atoms with van der Waals surface area (Å²) in [6.07, 6.45) is 1.58. The van der Waals surface area contributed by atoms with E-state index in [1.165, 1.54) is 25.3 Å². The predicted octanol–water partition coefficient (Wildman–Crippen LogP) is 4.20. The van der Waals surface area contributed by atoms with Gasteiger partial charge in [-0.3, -0.25) is 14.3 Å². The normalized spacial score (nSPS) is 10.8. The van der Waals surface area contributed by atoms with E-state index in [0.29, 0.717) is 22.7 Å². The predicted molar refractivity (Wildman–Crippen MR) is 99.3 cm³/mol. The lowest BCUT2D eigenvalue weighted by Crippen LogP contribution is -2.18. The van der Waals surface area contributed by atoms with Crippen molar-refractivity contribution in [2.24, 2.45) is 0 Å². The molecule has 0 saturated heterocycles. The molecule has 0 bridgehead atoms. The molecule has 128 valence electrons. The number of pyridine rings is 2. The third-order valence-corrected chi connectivity index (χ3v) is 4.23. The van der Waals surface area contributed by atoms with Gasteiger partial charge in [0, 0.05) is 17.7 Å². The van der Waals surface area contributed by atoms with E-state index in [-0.39, 0.29) is 11.4 Å². The van der Waals surface area contributed by atoms with E-state index in [0.717, 1.165) is 10.9 Å². The quantitative estimate of drug-likeness (QED) is 0.558. The van der Waals surface area contributed by atoms with Crippen molar-refractivity contribution in [3.8, 4) is 22.7 Å². The second-order valence-electron chi connectivity index (χ2n) is 5.82. The zero-order chi connectivity index (χ0) is 18.1. The lowest BCUT2D eigenvalue weighted by Gasteiger charge is -2.14. The largest absolute Gasteiger partial charge is 0.494 e. The average Bonchev–Trinajstić information content (AvgIpc) is 2.67. The Hall–Kier alpha value is -3.47. The topological polar surface area (TPSA) is 44.1 Å². The number of hydrogen-bond donors (Lipinski definition) is 0. The molecule has 0 radical (unpaired) electrons. The van der Waals surface area contributed by atoms with Gasteiger partial charge in [-0.25, -0.2) is 4.39 Å². The van der Waals surface area contributed by atoms with E-state index in [1.807, 2.05) is 24.3 Å². The van der Waals surface area contributed by atoms with Crippen LogP contribution in [0.1, 0.15) is 0 Å². The van der Waals surface area contributed by atoms with Crippen LogP contribution in [-0.2, 0) is 0 Å². The molecule has 26 heavy (non-hydrogen) atoms. The fourth-order valence-corrected chi connectivity index (χ4v) is 3.00. The Bertz CT molecular complexity index is 1170. The minimum absolute atomic E-state index is 0.178. The Morgan fingerprint density at radius 1 is 1.00 bits per heavy atom. The van der Waals surface area contributed by atoms with Gasteiger partial charge in [-0.2, -0.15) is 0 Å². The summed E-state index contributed by atoms with van der Waals surface area (Å²) in [5.74, 6) is 0.148. The summed E-state index contributed by atoms with van der Waals surface area (Å²) in [7, 11) is 1.53. The van der Waals surface area contributed by atoms with E-state index >= 15 is 0 Å². The number of fused-ring (bicyclic) bond motifs is 1. The van der Waals surface area contributed by atoms with Crippen molar-refractivity contribution >= 4 is 10.9 Å². The average molecular weight is 346 g/mol. The fourth-order valence-electron chi connectivity index (χ4n) is 3.00. The van der Waals surface area contributed by atoms with Gasteiger partial charge in [-0.15, -0.1) is 0 Å². The molecule has 2 heterocycles. The summed E-state index contributed by atoms with van der Waals surface area (Å²) in [4.78, 5) is 16.9. The molecule has 4 aromatic rings. The van der Waals surface area contributed by atoms with E-state index in [9.17, 15) is 9.18 Å². The van der Waals surface area contributed by atoms with Gasteiger partial charge < -0.3 is 4.74 Å². The van der Waals surface area contributed by atoms with Gasteiger partial charge in [0.25, 0.3) is 5.56 Å². The second-order valence-corrected chi connectivity index (χ2v) is 5.82. The highest BCUT2D eigenvalue weighted by atomic mass is 19.1. The van der Waals surface area contributed by atoms with Crippen LogP contribution in [-0.4, -0.2) is 16.7 Å². The van der Waals surface area contributed by atoms with Crippen LogP contribution in [0.5, 0.6) is 5.75 Å². The molecule has 0 aliphatic carbocycles. The smallest absolute Gasteiger partial charge is 0.255 e. The van der Waals surface area contributed by atoms with E-state index in [2.05, 4.69) is 4.98 Å². The molecular weight excluding hydrogens is 331 g/mol. The first kappa shape index (κ1) is 16.0. The second kappa shape index (κ2) is 6.44. The van der Waals surface area contributed by atoms with Crippen LogP contribution in [0.25, 0.3) is 27.8 Å². The van der Waals surface area contributed by atoms with Crippen molar-refractivity contribution in [2.75, 3.05) is 7.11 Å². The molecule has 5 heteroatoms. The van der Waals surface area contributed by atoms with Gasteiger partial charge in [0.1, 0.15) is 17.3 Å². The van der Waals surface area contributed by atoms with Gasteiger partial charge in [0.2, 0.25) is 0 Å². The highest BCUT2D eigenvalue weighted by molar-refractivity contribution is 5.81. The Morgan fingerprint density at radius 2 is 1.85 bits per heavy atom. The Kier molecular flexibility index (Phi) is 3.97. The maximum absolute atomic E-state index is 13.5. The van der Waals surface area contributed by atoms with Crippen molar-refractivity contribution in [1.29, 1.82) is 0 Å². The molecule has 4 rings (SSSR count). The third-order valence-electron chi connectivity index (χ3n) is 4.23. The number of rotatable bonds is 3. The maximum atomic E-state index is 13.5. The highest BCUT2D eigenvalue weighted by Crippen LogP contribution is 2.29. The molecule has 0 saturated carbocycles. The standard InChI is InChI=1S/C21H15FN2O2/c1-26-20-12-17(15-6-4-7-16(22)11-15)23-13-19(20)24-18-8-3-2-5-14(18)9-10-21(24)25/h2-13H,1H3. The number of methoxy groups -OCH3 is 1. The van der Waals surface area contributed by atoms with Crippen LogP contribution >= 0.6 is 0 Å². The van der Waals surface area contributed by atoms with E-state index < -0.39 is 0 Å². The first-order chi connectivity index (χ1) is 12.7. The minimum atomic E-state index is -0.336. The molecule has 0 fully saturated rings. The number of para-hydroxylation sites is 1. The van der Waals surface area contributed by atoms with Crippen molar-refractivity contribution in [1.82, 2.24) is 9.55 Å². The fraction of sp³-hybridized carbons (Fsp3) is 0.0476. The van der Waals surface area contributed by atoms with Crippen LogP contribution in [0.15, 0.2) is 77.7 Å². The SMILES string of the molecule is COc1cc(-c2cccc(F)c2)ncc1-n1c(=O)ccc2ccccc21. The van der Waals surface area contributed by atoms with E-state index in [4.69, 9.17) is 4.74 Å². The van der Waals surface area contributed by atoms with Crippen LogP contribution in [0.4, 0.5) is 4.39 Å². The minimum Gasteiger partial charge on any atom is -0.494 e. The van der Waals surface area contributed by atoms with Crippen LogP contribution < -0.4 is 10.3 Å². The summed E-state index contributed by atoms with van der Waals surface area (Å²) in [6, 6.07) is 18.8. The van der Waals surface area contributed by atoms with Gasteiger partial charge in [0.05, 0.1) is 24.5 Å². The maximum Gasteiger partial charge on any atom is 0.255 e. The van der Waals surface area contributed by atoms with Gasteiger partial charge in [0.15, 0.2) is 0 Å². The number of nitrogens with zero attached hydrogens (tertiary/aromatic N) is 2. The first-order valence-electron chi connectivity index (χ1n) is 8.08. The molecule has 0 spiro atoms. The van der Waals surface area contributed by atoms with E-state index in [1.54, 1.807) is 35.0 Å². The summed E-state index contributed by atoms with van der Waals surface area (Å²) in [6.45, 7) is 0. The van der Waals surface area contributed by atoms with Crippen LogP contribution in [0.3, 0.4) is 0 Å². The molecule has 2 aromatic heterocycles. The Morgan fingerprint density at radius 3 is 2.65 bits per heavy atom. The van der Waals surface area contributed by atoms with Crippen LogP contribution in [0, 0.1) is 5.82 Å². The van der Waals surface area contributed by atoms with Crippen molar-refractivity contribution in [2.45, 2.75) is 0 Å². The number of aromatic nitrogens is 2. The number of ether oxygens (including phenoxy) is 1. The molecule has 0 atom stereocenters. The third kappa shape index (κ3) is 2.73. The monoisotopic (exact) mass is 346 g/mol. The molecule has 0 N–H and O–H groups in total. The summed E-state index contributed by atoms with van der Waals surface area (Å²) >= 11 is 0. The highest BCUT2D eigenvalue weighted by Gasteiger charge is 2.13. The molecular formula is C21H15FN2O2. The molecule has 4 nitrogen and oxygen atoms in total. The van der Waals surface area contributed by atoms with Crippen molar-refractivity contribution in [3.05, 3.63) is 89.1 Å². The van der Waals surface area contributed by atoms with Crippen LogP contribution in [0.2, 0.25) is 0 Å². The van der Waals surface area contributed by atoms with Gasteiger partial charge in [-0.05, 0) is 29.7 Å². The summed E-state index contributed by atoms with van der Waals surface area (Å²) in [5.41, 5.74) is 2.33. The molecule has 0 aliphatic rings. The lowest BCUT2D eigenvalue weighted by molar-refractivity contribution is 0.412. The summed E-state index contributed by atoms with van der Waals surface area (Å²) in [5, 5.41) is 0.934.